The molecule has 0 bridgehead atoms. The van der Waals surface area contributed by atoms with Gasteiger partial charge in [-0.05, 0) is 87.0 Å². The van der Waals surface area contributed by atoms with Crippen molar-refractivity contribution in [2.24, 2.45) is 11.8 Å². The molecule has 0 heterocycles. The molecule has 0 aromatic heterocycles. The van der Waals surface area contributed by atoms with Crippen molar-refractivity contribution in [1.82, 2.24) is 0 Å². The van der Waals surface area contributed by atoms with Crippen LogP contribution in [0.2, 0.25) is 0 Å². The Hall–Kier alpha value is -2.36. The van der Waals surface area contributed by atoms with Crippen LogP contribution in [-0.4, -0.2) is 12.1 Å². The second-order valence-corrected chi connectivity index (χ2v) is 8.27. The molecular formula is C23H25F4NO2. The lowest BCUT2D eigenvalue weighted by molar-refractivity contribution is -0.157. The molecule has 1 aromatic rings. The minimum absolute atomic E-state index is 0.00660. The standard InChI is InChI=1S/C23H25F4NO2/c24-20(14-28)13-15-1-3-18(4-2-15)22(29)30-21-11-7-17(8-12-21)16-5-9-19(10-6-16)23(25,26)27/h5-6,9-10,13,15,17-18,21H,1-4,7-8,11-12H2/t15-,17-,18-,21-. The van der Waals surface area contributed by atoms with Crippen LogP contribution in [0.25, 0.3) is 0 Å². The van der Waals surface area contributed by atoms with Gasteiger partial charge in [0.1, 0.15) is 12.2 Å². The number of rotatable bonds is 4. The summed E-state index contributed by atoms with van der Waals surface area (Å²) in [6.45, 7) is 0. The van der Waals surface area contributed by atoms with Gasteiger partial charge in [0, 0.05) is 0 Å². The van der Waals surface area contributed by atoms with E-state index in [1.807, 2.05) is 0 Å². The number of nitrogens with zero attached hydrogens (tertiary/aromatic N) is 1. The summed E-state index contributed by atoms with van der Waals surface area (Å²) in [6.07, 6.45) is 2.36. The zero-order valence-electron chi connectivity index (χ0n) is 16.6. The van der Waals surface area contributed by atoms with Gasteiger partial charge in [-0.1, -0.05) is 12.1 Å². The molecule has 0 atom stereocenters. The first-order chi connectivity index (χ1) is 14.3. The van der Waals surface area contributed by atoms with Crippen LogP contribution in [0.1, 0.15) is 68.4 Å². The summed E-state index contributed by atoms with van der Waals surface area (Å²) in [7, 11) is 0. The first kappa shape index (κ1) is 22.3. The van der Waals surface area contributed by atoms with Crippen LogP contribution >= 0.6 is 0 Å². The van der Waals surface area contributed by atoms with Crippen molar-refractivity contribution >= 4 is 5.97 Å². The van der Waals surface area contributed by atoms with Gasteiger partial charge in [-0.2, -0.15) is 22.8 Å². The van der Waals surface area contributed by atoms with E-state index < -0.39 is 17.6 Å². The molecule has 2 aliphatic rings. The Kier molecular flexibility index (Phi) is 7.17. The zero-order chi connectivity index (χ0) is 21.7. The fourth-order valence-electron chi connectivity index (χ4n) is 4.48. The lowest BCUT2D eigenvalue weighted by Crippen LogP contribution is -2.29. The maximum atomic E-state index is 13.1. The van der Waals surface area contributed by atoms with Crippen molar-refractivity contribution in [3.8, 4) is 6.07 Å². The van der Waals surface area contributed by atoms with Gasteiger partial charge in [0.2, 0.25) is 0 Å². The Morgan fingerprint density at radius 3 is 2.13 bits per heavy atom. The molecule has 0 N–H and O–H groups in total. The highest BCUT2D eigenvalue weighted by atomic mass is 19.4. The number of esters is 1. The molecule has 0 unspecified atom stereocenters. The van der Waals surface area contributed by atoms with Crippen LogP contribution in [0.3, 0.4) is 0 Å². The average molecular weight is 423 g/mol. The van der Waals surface area contributed by atoms with Gasteiger partial charge < -0.3 is 4.74 Å². The number of benzene rings is 1. The van der Waals surface area contributed by atoms with Crippen molar-refractivity contribution in [1.29, 1.82) is 5.26 Å². The van der Waals surface area contributed by atoms with E-state index in [4.69, 9.17) is 10.00 Å². The van der Waals surface area contributed by atoms with Crippen LogP contribution in [0.4, 0.5) is 17.6 Å². The second-order valence-electron chi connectivity index (χ2n) is 8.27. The SMILES string of the molecule is N#CC(F)=C[C@H]1CC[C@H](C(=O)O[C@H]2CC[C@H](c3ccc(C(F)(F)F)cc3)CC2)CC1. The molecule has 2 aliphatic carbocycles. The fourth-order valence-corrected chi connectivity index (χ4v) is 4.48. The third-order valence-corrected chi connectivity index (χ3v) is 6.26. The molecule has 30 heavy (non-hydrogen) atoms. The highest BCUT2D eigenvalue weighted by Crippen LogP contribution is 2.37. The molecule has 0 amide bonds. The van der Waals surface area contributed by atoms with Crippen molar-refractivity contribution < 1.29 is 27.1 Å². The fraction of sp³-hybridized carbons (Fsp3) is 0.565. The predicted molar refractivity (Wildman–Crippen MR) is 103 cm³/mol. The van der Waals surface area contributed by atoms with Crippen molar-refractivity contribution in [3.63, 3.8) is 0 Å². The molecule has 0 radical (unpaired) electrons. The summed E-state index contributed by atoms with van der Waals surface area (Å²) in [5, 5.41) is 8.51. The summed E-state index contributed by atoms with van der Waals surface area (Å²) in [5.74, 6) is -0.998. The van der Waals surface area contributed by atoms with Crippen LogP contribution in [0.5, 0.6) is 0 Å². The van der Waals surface area contributed by atoms with Gasteiger partial charge in [-0.15, -0.1) is 0 Å². The van der Waals surface area contributed by atoms with E-state index in [0.29, 0.717) is 38.5 Å². The van der Waals surface area contributed by atoms with E-state index in [2.05, 4.69) is 0 Å². The predicted octanol–water partition coefficient (Wildman–Crippen LogP) is 6.46. The minimum atomic E-state index is -4.33. The zero-order valence-corrected chi connectivity index (χ0v) is 16.6. The Balaban J connectivity index is 1.44. The molecular weight excluding hydrogens is 398 g/mol. The molecule has 0 saturated heterocycles. The van der Waals surface area contributed by atoms with Crippen molar-refractivity contribution in [2.45, 2.75) is 69.6 Å². The quantitative estimate of drug-likeness (QED) is 0.317. The van der Waals surface area contributed by atoms with Gasteiger partial charge in [-0.3, -0.25) is 4.79 Å². The van der Waals surface area contributed by atoms with Crippen LogP contribution in [0, 0.1) is 23.2 Å². The van der Waals surface area contributed by atoms with E-state index in [1.165, 1.54) is 12.1 Å². The number of hydrogen-bond acceptors (Lipinski definition) is 3. The third kappa shape index (κ3) is 5.84. The highest BCUT2D eigenvalue weighted by molar-refractivity contribution is 5.72. The highest BCUT2D eigenvalue weighted by Gasteiger charge is 2.32. The van der Waals surface area contributed by atoms with Gasteiger partial charge in [0.05, 0.1) is 11.5 Å². The first-order valence-electron chi connectivity index (χ1n) is 10.4. The minimum Gasteiger partial charge on any atom is -0.462 e. The Bertz CT molecular complexity index is 794. The van der Waals surface area contributed by atoms with Crippen molar-refractivity contribution in [3.05, 3.63) is 47.3 Å². The molecule has 2 fully saturated rings. The monoisotopic (exact) mass is 423 g/mol. The van der Waals surface area contributed by atoms with Crippen molar-refractivity contribution in [2.75, 3.05) is 0 Å². The largest absolute Gasteiger partial charge is 0.462 e. The summed E-state index contributed by atoms with van der Waals surface area (Å²) in [5.41, 5.74) is 0.248. The van der Waals surface area contributed by atoms with E-state index in [-0.39, 0.29) is 29.8 Å². The summed E-state index contributed by atoms with van der Waals surface area (Å²) in [4.78, 5) is 12.5. The Morgan fingerprint density at radius 1 is 1.00 bits per heavy atom. The molecule has 7 heteroatoms. The number of carbonyl (C=O) groups excluding carboxylic acids is 1. The Morgan fingerprint density at radius 2 is 1.60 bits per heavy atom. The maximum absolute atomic E-state index is 13.1. The lowest BCUT2D eigenvalue weighted by atomic mass is 9.81. The van der Waals surface area contributed by atoms with Gasteiger partial charge in [-0.25, -0.2) is 0 Å². The Labute approximate surface area is 173 Å². The number of hydrogen-bond donors (Lipinski definition) is 0. The first-order valence-corrected chi connectivity index (χ1v) is 10.4. The number of halogens is 4. The number of alkyl halides is 3. The molecule has 162 valence electrons. The van der Waals surface area contributed by atoms with Crippen LogP contribution in [-0.2, 0) is 15.7 Å². The average Bonchev–Trinajstić information content (AvgIpc) is 2.74. The number of allylic oxidation sites excluding steroid dienone is 2. The second kappa shape index (κ2) is 9.63. The van der Waals surface area contributed by atoms with E-state index >= 15 is 0 Å². The maximum Gasteiger partial charge on any atom is 0.416 e. The summed E-state index contributed by atoms with van der Waals surface area (Å²) >= 11 is 0. The lowest BCUT2D eigenvalue weighted by Gasteiger charge is -2.31. The molecule has 3 nitrogen and oxygen atoms in total. The smallest absolute Gasteiger partial charge is 0.416 e. The topological polar surface area (TPSA) is 50.1 Å². The number of carbonyl (C=O) groups is 1. The van der Waals surface area contributed by atoms with E-state index in [0.717, 1.165) is 30.5 Å². The van der Waals surface area contributed by atoms with E-state index in [1.54, 1.807) is 12.1 Å². The molecule has 2 saturated carbocycles. The van der Waals surface area contributed by atoms with Gasteiger partial charge in [0.25, 0.3) is 0 Å². The summed E-state index contributed by atoms with van der Waals surface area (Å²) in [6, 6.07) is 6.81. The molecule has 0 spiro atoms. The number of ether oxygens (including phenoxy) is 1. The van der Waals surface area contributed by atoms with E-state index in [9.17, 15) is 22.4 Å². The molecule has 0 aliphatic heterocycles. The van der Waals surface area contributed by atoms with Crippen LogP contribution in [0.15, 0.2) is 36.2 Å². The third-order valence-electron chi connectivity index (χ3n) is 6.26. The van der Waals surface area contributed by atoms with Gasteiger partial charge in [0.15, 0.2) is 5.83 Å². The van der Waals surface area contributed by atoms with Crippen LogP contribution < -0.4 is 0 Å². The van der Waals surface area contributed by atoms with Gasteiger partial charge >= 0.3 is 12.1 Å². The number of nitriles is 1. The molecule has 1 aromatic carbocycles. The normalized spacial score (nSPS) is 27.9. The molecule has 3 rings (SSSR count). The summed E-state index contributed by atoms with van der Waals surface area (Å²) < 4.78 is 56.9.